The zero-order valence-corrected chi connectivity index (χ0v) is 17.1. The van der Waals surface area contributed by atoms with Gasteiger partial charge in [0.1, 0.15) is 5.82 Å². The van der Waals surface area contributed by atoms with Gasteiger partial charge in [-0.3, -0.25) is 4.79 Å². The summed E-state index contributed by atoms with van der Waals surface area (Å²) in [4.78, 5) is 28.8. The lowest BCUT2D eigenvalue weighted by Crippen LogP contribution is -2.38. The van der Waals surface area contributed by atoms with Crippen molar-refractivity contribution in [1.82, 2.24) is 9.88 Å². The van der Waals surface area contributed by atoms with Crippen molar-refractivity contribution < 1.29 is 23.1 Å². The largest absolute Gasteiger partial charge is 0.396 e. The molecule has 0 aliphatic rings. The molecule has 164 valence electrons. The zero-order chi connectivity index (χ0) is 22.7. The highest BCUT2D eigenvalue weighted by molar-refractivity contribution is 6.31. The summed E-state index contributed by atoms with van der Waals surface area (Å²) in [6.07, 6.45) is 1.58. The second kappa shape index (κ2) is 9.40. The van der Waals surface area contributed by atoms with Gasteiger partial charge in [-0.25, -0.2) is 18.0 Å². The summed E-state index contributed by atoms with van der Waals surface area (Å²) in [5.41, 5.74) is 0.0212. The minimum absolute atomic E-state index is 0.0592. The second-order valence-electron chi connectivity index (χ2n) is 6.89. The van der Waals surface area contributed by atoms with Gasteiger partial charge >= 0.3 is 6.03 Å². The van der Waals surface area contributed by atoms with Gasteiger partial charge in [0.05, 0.1) is 16.5 Å². The van der Waals surface area contributed by atoms with Gasteiger partial charge in [-0.15, -0.1) is 0 Å². The molecular weight excluding hydrogens is 435 g/mol. The fourth-order valence-corrected chi connectivity index (χ4v) is 3.45. The molecule has 1 atom stereocenters. The van der Waals surface area contributed by atoms with E-state index >= 15 is 0 Å². The molecule has 2 amide bonds. The fourth-order valence-electron chi connectivity index (χ4n) is 3.27. The summed E-state index contributed by atoms with van der Waals surface area (Å²) >= 11 is 5.75. The minimum atomic E-state index is -1.16. The first-order valence-corrected chi connectivity index (χ1v) is 9.74. The number of aromatic nitrogens is 1. The molecule has 0 saturated carbocycles. The normalized spacial score (nSPS) is 12.1. The van der Waals surface area contributed by atoms with Crippen LogP contribution in [0.5, 0.6) is 0 Å². The maximum absolute atomic E-state index is 13.9. The number of rotatable bonds is 6. The van der Waals surface area contributed by atoms with Gasteiger partial charge < -0.3 is 20.3 Å². The van der Waals surface area contributed by atoms with E-state index in [4.69, 9.17) is 11.6 Å². The van der Waals surface area contributed by atoms with Gasteiger partial charge in [-0.1, -0.05) is 11.6 Å². The van der Waals surface area contributed by atoms with Gasteiger partial charge in [-0.05, 0) is 54.6 Å². The van der Waals surface area contributed by atoms with Crippen molar-refractivity contribution in [1.29, 1.82) is 0 Å². The molecule has 0 saturated heterocycles. The van der Waals surface area contributed by atoms with Crippen LogP contribution in [-0.2, 0) is 0 Å². The number of aliphatic hydroxyl groups is 1. The Balaban J connectivity index is 1.99. The van der Waals surface area contributed by atoms with Crippen molar-refractivity contribution in [3.05, 3.63) is 74.9 Å². The third-order valence-corrected chi connectivity index (χ3v) is 5.17. The Bertz CT molecular complexity index is 1190. The number of carbonyl (C=O) groups excluding carboxylic acids is 1. The third kappa shape index (κ3) is 4.83. The Kier molecular flexibility index (Phi) is 6.87. The number of pyridine rings is 1. The molecule has 3 rings (SSSR count). The van der Waals surface area contributed by atoms with Crippen molar-refractivity contribution in [2.24, 2.45) is 0 Å². The number of carbonyl (C=O) groups is 1. The lowest BCUT2D eigenvalue weighted by Gasteiger charge is -2.30. The van der Waals surface area contributed by atoms with E-state index in [0.29, 0.717) is 5.56 Å². The van der Waals surface area contributed by atoms with Crippen molar-refractivity contribution >= 4 is 34.1 Å². The highest BCUT2D eigenvalue weighted by Gasteiger charge is 2.24. The second-order valence-corrected chi connectivity index (χ2v) is 7.30. The van der Waals surface area contributed by atoms with Crippen LogP contribution in [0.2, 0.25) is 5.02 Å². The Morgan fingerprint density at radius 1 is 1.16 bits per heavy atom. The number of fused-ring (bicyclic) bond motifs is 1. The Hall–Kier alpha value is -3.04. The third-order valence-electron chi connectivity index (χ3n) is 4.88. The molecule has 3 N–H and O–H groups in total. The summed E-state index contributed by atoms with van der Waals surface area (Å²) in [6.45, 7) is 1.57. The van der Waals surface area contributed by atoms with E-state index in [9.17, 15) is 27.9 Å². The molecule has 0 radical (unpaired) electrons. The number of benzene rings is 2. The fraction of sp³-hybridized carbons (Fsp3) is 0.238. The molecule has 3 aromatic rings. The average Bonchev–Trinajstić information content (AvgIpc) is 2.72. The van der Waals surface area contributed by atoms with Crippen molar-refractivity contribution in [2.75, 3.05) is 18.5 Å². The highest BCUT2D eigenvalue weighted by Crippen LogP contribution is 2.29. The van der Waals surface area contributed by atoms with Crippen LogP contribution in [0.3, 0.4) is 0 Å². The van der Waals surface area contributed by atoms with E-state index in [2.05, 4.69) is 10.3 Å². The number of amides is 2. The van der Waals surface area contributed by atoms with Crippen LogP contribution in [0.25, 0.3) is 10.8 Å². The predicted molar refractivity (Wildman–Crippen MR) is 112 cm³/mol. The van der Waals surface area contributed by atoms with E-state index in [1.807, 2.05) is 0 Å². The maximum atomic E-state index is 13.9. The lowest BCUT2D eigenvalue weighted by atomic mass is 10.0. The number of nitrogens with zero attached hydrogens (tertiary/aromatic N) is 1. The molecule has 6 nitrogen and oxygen atoms in total. The highest BCUT2D eigenvalue weighted by atomic mass is 35.5. The molecule has 1 aromatic heterocycles. The molecule has 0 bridgehead atoms. The predicted octanol–water partition coefficient (Wildman–Crippen LogP) is 4.58. The first-order valence-electron chi connectivity index (χ1n) is 9.36. The van der Waals surface area contributed by atoms with Crippen molar-refractivity contribution in [2.45, 2.75) is 19.4 Å². The molecule has 0 spiro atoms. The van der Waals surface area contributed by atoms with Gasteiger partial charge in [0.15, 0.2) is 11.6 Å². The number of aliphatic hydroxyl groups excluding tert-OH is 1. The minimum Gasteiger partial charge on any atom is -0.396 e. The van der Waals surface area contributed by atoms with E-state index < -0.39 is 35.1 Å². The molecule has 1 heterocycles. The number of halogens is 4. The molecule has 0 aliphatic heterocycles. The Morgan fingerprint density at radius 2 is 1.84 bits per heavy atom. The zero-order valence-electron chi connectivity index (χ0n) is 16.4. The Labute approximate surface area is 180 Å². The SMILES string of the molecule is CC(c1c[nH]c(=O)c2cc(F)c(F)cc12)N(CCCO)C(=O)Nc1ccc(F)c(Cl)c1. The molecular formula is C21H19ClF3N3O3. The number of hydrogen-bond acceptors (Lipinski definition) is 3. The van der Waals surface area contributed by atoms with Crippen LogP contribution < -0.4 is 10.9 Å². The number of hydrogen-bond donors (Lipinski definition) is 3. The number of aromatic amines is 1. The van der Waals surface area contributed by atoms with Crippen molar-refractivity contribution in [3.8, 4) is 0 Å². The number of anilines is 1. The number of H-pyrrole nitrogens is 1. The van der Waals surface area contributed by atoms with E-state index in [-0.39, 0.29) is 41.1 Å². The lowest BCUT2D eigenvalue weighted by molar-refractivity contribution is 0.182. The van der Waals surface area contributed by atoms with Gasteiger partial charge in [0.25, 0.3) is 5.56 Å². The summed E-state index contributed by atoms with van der Waals surface area (Å²) in [5, 5.41) is 11.7. The van der Waals surface area contributed by atoms with Gasteiger partial charge in [0, 0.05) is 25.0 Å². The van der Waals surface area contributed by atoms with Crippen LogP contribution in [-0.4, -0.2) is 34.2 Å². The van der Waals surface area contributed by atoms with Crippen LogP contribution >= 0.6 is 11.6 Å². The van der Waals surface area contributed by atoms with Crippen LogP contribution in [0, 0.1) is 17.5 Å². The smallest absolute Gasteiger partial charge is 0.322 e. The number of nitrogens with one attached hydrogen (secondary N) is 2. The first kappa shape index (κ1) is 22.6. The average molecular weight is 454 g/mol. The maximum Gasteiger partial charge on any atom is 0.322 e. The monoisotopic (exact) mass is 453 g/mol. The summed E-state index contributed by atoms with van der Waals surface area (Å²) < 4.78 is 40.9. The molecule has 10 heteroatoms. The summed E-state index contributed by atoms with van der Waals surface area (Å²) in [7, 11) is 0. The van der Waals surface area contributed by atoms with Crippen LogP contribution in [0.15, 0.2) is 41.3 Å². The van der Waals surface area contributed by atoms with Crippen molar-refractivity contribution in [3.63, 3.8) is 0 Å². The summed E-state index contributed by atoms with van der Waals surface area (Å²) in [6, 6.07) is 4.11. The molecule has 2 aromatic carbocycles. The Morgan fingerprint density at radius 3 is 2.48 bits per heavy atom. The van der Waals surface area contributed by atoms with E-state index in [1.165, 1.54) is 23.2 Å². The molecule has 0 aliphatic carbocycles. The van der Waals surface area contributed by atoms with Crippen LogP contribution in [0.4, 0.5) is 23.7 Å². The molecule has 31 heavy (non-hydrogen) atoms. The van der Waals surface area contributed by atoms with Crippen LogP contribution in [0.1, 0.15) is 24.9 Å². The van der Waals surface area contributed by atoms with E-state index in [0.717, 1.165) is 18.2 Å². The first-order chi connectivity index (χ1) is 14.7. The molecule has 1 unspecified atom stereocenters. The van der Waals surface area contributed by atoms with Gasteiger partial charge in [-0.2, -0.15) is 0 Å². The van der Waals surface area contributed by atoms with Gasteiger partial charge in [0.2, 0.25) is 0 Å². The quantitative estimate of drug-likeness (QED) is 0.511. The number of urea groups is 1. The topological polar surface area (TPSA) is 85.4 Å². The summed E-state index contributed by atoms with van der Waals surface area (Å²) in [5.74, 6) is -2.93. The van der Waals surface area contributed by atoms with E-state index in [1.54, 1.807) is 6.92 Å². The molecule has 0 fully saturated rings. The standard InChI is InChI=1S/C21H19ClF3N3O3/c1-11(15-10-26-20(30)14-9-19(25)18(24)8-13(14)15)28(5-2-6-29)21(31)27-12-3-4-17(23)16(22)7-12/h3-4,7-11,29H,2,5-6H2,1H3,(H,26,30)(H,27,31).